The minimum atomic E-state index is -4.67. The molecule has 0 saturated carbocycles. The lowest BCUT2D eigenvalue weighted by Crippen LogP contribution is -2.26. The van der Waals surface area contributed by atoms with Gasteiger partial charge in [-0.25, -0.2) is 10.0 Å². The molecule has 3 aromatic rings. The molecule has 4 rings (SSSR count). The van der Waals surface area contributed by atoms with Crippen LogP contribution in [0.3, 0.4) is 0 Å². The number of carbonyl (C=O) groups is 1. The fourth-order valence-corrected chi connectivity index (χ4v) is 3.67. The number of aliphatic hydroxyl groups is 1. The van der Waals surface area contributed by atoms with Crippen LogP contribution in [0.15, 0.2) is 60.8 Å². The lowest BCUT2D eigenvalue weighted by Gasteiger charge is -2.26. The topological polar surface area (TPSA) is 99.6 Å². The second-order valence-corrected chi connectivity index (χ2v) is 7.84. The molecule has 1 fully saturated rings. The number of benzene rings is 2. The molecule has 1 aliphatic rings. The maximum Gasteiger partial charge on any atom is 0.421 e. The Morgan fingerprint density at radius 3 is 2.57 bits per heavy atom. The van der Waals surface area contributed by atoms with Crippen LogP contribution in [0.25, 0.3) is 0 Å². The number of hydroxylamine groups is 1. The lowest BCUT2D eigenvalue weighted by atomic mass is 10.0. The molecule has 1 amide bonds. The first kappa shape index (κ1) is 24.4. The van der Waals surface area contributed by atoms with E-state index in [1.165, 1.54) is 5.06 Å². The zero-order chi connectivity index (χ0) is 24.8. The van der Waals surface area contributed by atoms with E-state index in [1.54, 1.807) is 24.3 Å². The van der Waals surface area contributed by atoms with Crippen molar-refractivity contribution < 1.29 is 27.9 Å². The van der Waals surface area contributed by atoms with E-state index in [9.17, 15) is 18.0 Å². The Morgan fingerprint density at radius 2 is 1.89 bits per heavy atom. The highest BCUT2D eigenvalue weighted by atomic mass is 19.4. The van der Waals surface area contributed by atoms with E-state index in [4.69, 9.17) is 9.94 Å². The monoisotopic (exact) mass is 487 g/mol. The van der Waals surface area contributed by atoms with Crippen molar-refractivity contribution >= 4 is 23.4 Å². The average molecular weight is 487 g/mol. The van der Waals surface area contributed by atoms with Gasteiger partial charge in [-0.3, -0.25) is 9.63 Å². The average Bonchev–Trinajstić information content (AvgIpc) is 3.34. The molecule has 2 aromatic carbocycles. The Morgan fingerprint density at radius 1 is 1.14 bits per heavy atom. The maximum absolute atomic E-state index is 13.8. The standard InChI is InChI=1S/C24H24F3N5O3/c25-24(26,27)19-15-29-23(30-18-9-7-17(8-10-18)22(34)28-12-4-13-33)31-21(19)32-20(11-14-35-32)16-5-2-1-3-6-16/h1-3,5-10,15,20,33H,4,11-14H2,(H,28,34)(H,29,30,31)/t20-/m0/s1. The third-order valence-corrected chi connectivity index (χ3v) is 5.40. The number of hydrogen-bond acceptors (Lipinski definition) is 7. The number of amides is 1. The van der Waals surface area contributed by atoms with Crippen LogP contribution >= 0.6 is 0 Å². The summed E-state index contributed by atoms with van der Waals surface area (Å²) in [5.41, 5.74) is 0.711. The summed E-state index contributed by atoms with van der Waals surface area (Å²) in [5, 5.41) is 15.6. The van der Waals surface area contributed by atoms with Crippen LogP contribution in [0, 0.1) is 0 Å². The van der Waals surface area contributed by atoms with Gasteiger partial charge in [-0.1, -0.05) is 30.3 Å². The van der Waals surface area contributed by atoms with Crippen molar-refractivity contribution in [2.75, 3.05) is 30.1 Å². The molecule has 1 aromatic heterocycles. The smallest absolute Gasteiger partial charge is 0.396 e. The van der Waals surface area contributed by atoms with E-state index >= 15 is 0 Å². The van der Waals surface area contributed by atoms with Crippen LogP contribution in [0.4, 0.5) is 30.6 Å². The molecule has 0 aliphatic carbocycles. The molecule has 8 nitrogen and oxygen atoms in total. The van der Waals surface area contributed by atoms with Gasteiger partial charge in [0.2, 0.25) is 5.95 Å². The molecular formula is C24H24F3N5O3. The first-order chi connectivity index (χ1) is 16.9. The number of rotatable bonds is 8. The fourth-order valence-electron chi connectivity index (χ4n) is 3.67. The number of nitrogens with one attached hydrogen (secondary N) is 2. The van der Waals surface area contributed by atoms with Crippen molar-refractivity contribution in [3.05, 3.63) is 77.5 Å². The number of anilines is 3. The van der Waals surface area contributed by atoms with E-state index in [0.29, 0.717) is 30.6 Å². The van der Waals surface area contributed by atoms with Gasteiger partial charge in [-0.15, -0.1) is 0 Å². The predicted molar refractivity (Wildman–Crippen MR) is 123 cm³/mol. The van der Waals surface area contributed by atoms with Gasteiger partial charge in [0.05, 0.1) is 12.6 Å². The first-order valence-corrected chi connectivity index (χ1v) is 11.0. The van der Waals surface area contributed by atoms with Gasteiger partial charge in [0.15, 0.2) is 5.82 Å². The van der Waals surface area contributed by atoms with E-state index in [1.807, 2.05) is 30.3 Å². The van der Waals surface area contributed by atoms with Gasteiger partial charge < -0.3 is 15.7 Å². The van der Waals surface area contributed by atoms with Gasteiger partial charge in [-0.2, -0.15) is 18.2 Å². The predicted octanol–water partition coefficient (Wildman–Crippen LogP) is 4.23. The molecule has 0 unspecified atom stereocenters. The zero-order valence-electron chi connectivity index (χ0n) is 18.6. The summed E-state index contributed by atoms with van der Waals surface area (Å²) in [7, 11) is 0. The summed E-state index contributed by atoms with van der Waals surface area (Å²) in [5.74, 6) is -0.715. The highest BCUT2D eigenvalue weighted by Crippen LogP contribution is 2.41. The van der Waals surface area contributed by atoms with Crippen molar-refractivity contribution in [1.29, 1.82) is 0 Å². The van der Waals surface area contributed by atoms with Crippen molar-refractivity contribution in [3.8, 4) is 0 Å². The van der Waals surface area contributed by atoms with Crippen LogP contribution in [-0.2, 0) is 11.0 Å². The van der Waals surface area contributed by atoms with Crippen molar-refractivity contribution in [3.63, 3.8) is 0 Å². The highest BCUT2D eigenvalue weighted by Gasteiger charge is 2.40. The lowest BCUT2D eigenvalue weighted by molar-refractivity contribution is -0.138. The van der Waals surface area contributed by atoms with Crippen molar-refractivity contribution in [1.82, 2.24) is 15.3 Å². The third kappa shape index (κ3) is 5.87. The Balaban J connectivity index is 1.57. The molecule has 1 atom stereocenters. The first-order valence-electron chi connectivity index (χ1n) is 11.0. The quantitative estimate of drug-likeness (QED) is 0.409. The van der Waals surface area contributed by atoms with Crippen LogP contribution < -0.4 is 15.7 Å². The van der Waals surface area contributed by atoms with Gasteiger partial charge in [0.1, 0.15) is 5.56 Å². The molecule has 2 heterocycles. The highest BCUT2D eigenvalue weighted by molar-refractivity contribution is 5.94. The zero-order valence-corrected chi connectivity index (χ0v) is 18.6. The summed E-state index contributed by atoms with van der Waals surface area (Å²) in [4.78, 5) is 25.7. The van der Waals surface area contributed by atoms with Gasteiger partial charge in [0.25, 0.3) is 5.91 Å². The number of nitrogens with zero attached hydrogens (tertiary/aromatic N) is 3. The number of hydrogen-bond donors (Lipinski definition) is 3. The van der Waals surface area contributed by atoms with Crippen LogP contribution in [0.2, 0.25) is 0 Å². The number of aliphatic hydroxyl groups excluding tert-OH is 1. The number of alkyl halides is 3. The summed E-state index contributed by atoms with van der Waals surface area (Å²) >= 11 is 0. The molecule has 0 spiro atoms. The largest absolute Gasteiger partial charge is 0.421 e. The number of aromatic nitrogens is 2. The molecule has 1 saturated heterocycles. The van der Waals surface area contributed by atoms with Crippen LogP contribution in [0.1, 0.15) is 40.4 Å². The summed E-state index contributed by atoms with van der Waals surface area (Å²) < 4.78 is 41.4. The molecule has 0 bridgehead atoms. The summed E-state index contributed by atoms with van der Waals surface area (Å²) in [6, 6.07) is 15.0. The van der Waals surface area contributed by atoms with Crippen molar-refractivity contribution in [2.45, 2.75) is 25.1 Å². The minimum Gasteiger partial charge on any atom is -0.396 e. The SMILES string of the molecule is O=C(NCCCO)c1ccc(Nc2ncc(C(F)(F)F)c(N3OCC[C@H]3c3ccccc3)n2)cc1. The molecule has 3 N–H and O–H groups in total. The molecule has 0 radical (unpaired) electrons. The van der Waals surface area contributed by atoms with Gasteiger partial charge in [-0.05, 0) is 36.2 Å². The van der Waals surface area contributed by atoms with Crippen molar-refractivity contribution in [2.24, 2.45) is 0 Å². The third-order valence-electron chi connectivity index (χ3n) is 5.40. The van der Waals surface area contributed by atoms with E-state index in [-0.39, 0.29) is 30.9 Å². The normalized spacial score (nSPS) is 15.8. The number of carbonyl (C=O) groups excluding carboxylic acids is 1. The second-order valence-electron chi connectivity index (χ2n) is 7.84. The number of halogens is 3. The molecule has 35 heavy (non-hydrogen) atoms. The Labute approximate surface area is 199 Å². The summed E-state index contributed by atoms with van der Waals surface area (Å²) in [6.45, 7) is 0.582. The fraction of sp³-hybridized carbons (Fsp3) is 0.292. The van der Waals surface area contributed by atoms with Gasteiger partial charge >= 0.3 is 6.18 Å². The van der Waals surface area contributed by atoms with E-state index in [2.05, 4.69) is 20.6 Å². The van der Waals surface area contributed by atoms with E-state index in [0.717, 1.165) is 11.8 Å². The van der Waals surface area contributed by atoms with Crippen LogP contribution in [0.5, 0.6) is 0 Å². The Kier molecular flexibility index (Phi) is 7.47. The second kappa shape index (κ2) is 10.7. The maximum atomic E-state index is 13.8. The molecule has 184 valence electrons. The van der Waals surface area contributed by atoms with Gasteiger partial charge in [0, 0.05) is 37.0 Å². The Hall–Kier alpha value is -3.70. The molecule has 11 heteroatoms. The minimum absolute atomic E-state index is 0.0210. The van der Waals surface area contributed by atoms with Crippen LogP contribution in [-0.4, -0.2) is 40.7 Å². The van der Waals surface area contributed by atoms with E-state index < -0.39 is 17.8 Å². The summed E-state index contributed by atoms with van der Waals surface area (Å²) in [6.07, 6.45) is -2.98. The molecular weight excluding hydrogens is 463 g/mol. The Bertz CT molecular complexity index is 1140. The molecule has 1 aliphatic heterocycles.